The maximum Gasteiger partial charge on any atom is 0.256 e. The van der Waals surface area contributed by atoms with Gasteiger partial charge in [-0.25, -0.2) is 0 Å². The van der Waals surface area contributed by atoms with Crippen LogP contribution in [0.3, 0.4) is 0 Å². The highest BCUT2D eigenvalue weighted by molar-refractivity contribution is 6.11. The molecule has 1 aromatic carbocycles. The van der Waals surface area contributed by atoms with Gasteiger partial charge in [0.1, 0.15) is 6.10 Å². The minimum atomic E-state index is -0.329. The van der Waals surface area contributed by atoms with Crippen LogP contribution in [0.25, 0.3) is 0 Å². The van der Waals surface area contributed by atoms with Crippen LogP contribution in [0.5, 0.6) is 0 Å². The summed E-state index contributed by atoms with van der Waals surface area (Å²) in [6.45, 7) is 1.20. The first-order chi connectivity index (χ1) is 9.81. The van der Waals surface area contributed by atoms with Crippen LogP contribution in [0.2, 0.25) is 0 Å². The molecule has 5 heteroatoms. The van der Waals surface area contributed by atoms with Crippen molar-refractivity contribution in [3.63, 3.8) is 0 Å². The van der Waals surface area contributed by atoms with Gasteiger partial charge >= 0.3 is 0 Å². The van der Waals surface area contributed by atoms with E-state index >= 15 is 0 Å². The number of fused-ring (bicyclic) bond motifs is 1. The molecule has 1 fully saturated rings. The quantitative estimate of drug-likeness (QED) is 0.630. The Bertz CT molecular complexity index is 536. The van der Waals surface area contributed by atoms with E-state index < -0.39 is 0 Å². The van der Waals surface area contributed by atoms with Crippen LogP contribution >= 0.6 is 0 Å². The summed E-state index contributed by atoms with van der Waals surface area (Å²) in [6.07, 6.45) is 3.09. The fourth-order valence-corrected chi connectivity index (χ4v) is 2.87. The van der Waals surface area contributed by atoms with Crippen LogP contribution in [0.4, 0.5) is 5.69 Å². The van der Waals surface area contributed by atoms with E-state index in [9.17, 15) is 4.79 Å². The number of oxime groups is 1. The number of nitrogens with zero attached hydrogens (tertiary/aromatic N) is 2. The van der Waals surface area contributed by atoms with Crippen molar-refractivity contribution in [2.45, 2.75) is 31.8 Å². The third kappa shape index (κ3) is 2.29. The standard InChI is InChI=1S/C15H18N2O3/c18-15(14-7-3-4-10-20-14)17-9-8-12(16-19)11-5-1-2-6-13(11)17/h1-2,5-6,14,19H,3-4,7-10H2. The Morgan fingerprint density at radius 2 is 2.20 bits per heavy atom. The Balaban J connectivity index is 1.89. The van der Waals surface area contributed by atoms with Crippen LogP contribution in [-0.4, -0.2) is 36.1 Å². The summed E-state index contributed by atoms with van der Waals surface area (Å²) < 4.78 is 5.59. The molecule has 2 aliphatic heterocycles. The molecule has 0 aromatic heterocycles. The van der Waals surface area contributed by atoms with Gasteiger partial charge in [0.05, 0.1) is 11.4 Å². The Morgan fingerprint density at radius 3 is 2.95 bits per heavy atom. The van der Waals surface area contributed by atoms with Crippen LogP contribution in [0, 0.1) is 0 Å². The molecule has 0 spiro atoms. The molecular formula is C15H18N2O3. The number of hydrogen-bond acceptors (Lipinski definition) is 4. The Hall–Kier alpha value is -1.88. The summed E-state index contributed by atoms with van der Waals surface area (Å²) >= 11 is 0. The summed E-state index contributed by atoms with van der Waals surface area (Å²) in [4.78, 5) is 14.4. The summed E-state index contributed by atoms with van der Waals surface area (Å²) in [6, 6.07) is 7.54. The van der Waals surface area contributed by atoms with Crippen molar-refractivity contribution < 1.29 is 14.7 Å². The van der Waals surface area contributed by atoms with Gasteiger partial charge in [0.25, 0.3) is 5.91 Å². The van der Waals surface area contributed by atoms with E-state index in [4.69, 9.17) is 9.94 Å². The molecule has 1 unspecified atom stereocenters. The topological polar surface area (TPSA) is 62.1 Å². The van der Waals surface area contributed by atoms with Crippen LogP contribution in [-0.2, 0) is 9.53 Å². The zero-order valence-electron chi connectivity index (χ0n) is 11.3. The molecule has 1 atom stereocenters. The lowest BCUT2D eigenvalue weighted by Crippen LogP contribution is -2.45. The molecule has 3 rings (SSSR count). The molecule has 1 amide bonds. The van der Waals surface area contributed by atoms with Crippen molar-refractivity contribution >= 4 is 17.3 Å². The molecule has 0 radical (unpaired) electrons. The molecule has 0 aliphatic carbocycles. The van der Waals surface area contributed by atoms with Gasteiger partial charge in [-0.15, -0.1) is 0 Å². The summed E-state index contributed by atoms with van der Waals surface area (Å²) in [7, 11) is 0. The van der Waals surface area contributed by atoms with Gasteiger partial charge in [-0.05, 0) is 25.3 Å². The second-order valence-electron chi connectivity index (χ2n) is 5.16. The van der Waals surface area contributed by atoms with Gasteiger partial charge in [0, 0.05) is 25.1 Å². The average Bonchev–Trinajstić information content (AvgIpc) is 2.54. The summed E-state index contributed by atoms with van der Waals surface area (Å²) in [5.41, 5.74) is 2.27. The molecule has 20 heavy (non-hydrogen) atoms. The van der Waals surface area contributed by atoms with Gasteiger partial charge in [0.2, 0.25) is 0 Å². The third-order valence-electron chi connectivity index (χ3n) is 3.92. The number of carbonyl (C=O) groups excluding carboxylic acids is 1. The fraction of sp³-hybridized carbons (Fsp3) is 0.467. The van der Waals surface area contributed by atoms with Gasteiger partial charge in [-0.2, -0.15) is 0 Å². The van der Waals surface area contributed by atoms with Crippen LogP contribution < -0.4 is 4.90 Å². The Morgan fingerprint density at radius 1 is 1.35 bits per heavy atom. The van der Waals surface area contributed by atoms with Crippen molar-refractivity contribution in [2.75, 3.05) is 18.1 Å². The third-order valence-corrected chi connectivity index (χ3v) is 3.92. The lowest BCUT2D eigenvalue weighted by atomic mass is 9.98. The van der Waals surface area contributed by atoms with Crippen molar-refractivity contribution in [1.82, 2.24) is 0 Å². The highest BCUT2D eigenvalue weighted by Crippen LogP contribution is 2.29. The molecule has 2 heterocycles. The number of para-hydroxylation sites is 1. The molecular weight excluding hydrogens is 256 g/mol. The number of hydrogen-bond donors (Lipinski definition) is 1. The minimum Gasteiger partial charge on any atom is -0.411 e. The van der Waals surface area contributed by atoms with Crippen LogP contribution in [0.1, 0.15) is 31.2 Å². The van der Waals surface area contributed by atoms with Gasteiger partial charge in [0.15, 0.2) is 0 Å². The van der Waals surface area contributed by atoms with Gasteiger partial charge in [-0.1, -0.05) is 23.4 Å². The fourth-order valence-electron chi connectivity index (χ4n) is 2.87. The molecule has 1 aromatic rings. The van der Waals surface area contributed by atoms with E-state index in [-0.39, 0.29) is 12.0 Å². The molecule has 106 valence electrons. The molecule has 0 saturated carbocycles. The lowest BCUT2D eigenvalue weighted by Gasteiger charge is -2.33. The van der Waals surface area contributed by atoms with Crippen LogP contribution in [0.15, 0.2) is 29.4 Å². The van der Waals surface area contributed by atoms with Crippen molar-refractivity contribution in [1.29, 1.82) is 0 Å². The van der Waals surface area contributed by atoms with E-state index in [0.29, 0.717) is 25.3 Å². The molecule has 2 aliphatic rings. The zero-order valence-corrected chi connectivity index (χ0v) is 11.3. The first kappa shape index (κ1) is 13.1. The number of amides is 1. The summed E-state index contributed by atoms with van der Waals surface area (Å²) in [5, 5.41) is 12.4. The van der Waals surface area contributed by atoms with E-state index in [2.05, 4.69) is 5.16 Å². The van der Waals surface area contributed by atoms with E-state index in [1.54, 1.807) is 4.90 Å². The van der Waals surface area contributed by atoms with E-state index in [1.165, 1.54) is 0 Å². The predicted molar refractivity (Wildman–Crippen MR) is 75.3 cm³/mol. The first-order valence-electron chi connectivity index (χ1n) is 7.04. The van der Waals surface area contributed by atoms with E-state index in [0.717, 1.165) is 30.5 Å². The predicted octanol–water partition coefficient (Wildman–Crippen LogP) is 2.17. The molecule has 1 N–H and O–H groups in total. The molecule has 1 saturated heterocycles. The van der Waals surface area contributed by atoms with Crippen molar-refractivity contribution in [3.8, 4) is 0 Å². The maximum absolute atomic E-state index is 12.6. The lowest BCUT2D eigenvalue weighted by molar-refractivity contribution is -0.132. The SMILES string of the molecule is O=C(C1CCCCO1)N1CCC(=NO)c2ccccc21. The van der Waals surface area contributed by atoms with Crippen molar-refractivity contribution in [3.05, 3.63) is 29.8 Å². The first-order valence-corrected chi connectivity index (χ1v) is 7.04. The zero-order chi connectivity index (χ0) is 13.9. The summed E-state index contributed by atoms with van der Waals surface area (Å²) in [5.74, 6) is 0.0224. The second kappa shape index (κ2) is 5.63. The number of anilines is 1. The number of ether oxygens (including phenoxy) is 1. The number of carbonyl (C=O) groups is 1. The monoisotopic (exact) mass is 274 g/mol. The van der Waals surface area contributed by atoms with Crippen molar-refractivity contribution in [2.24, 2.45) is 5.16 Å². The minimum absolute atomic E-state index is 0.0224. The number of benzene rings is 1. The average molecular weight is 274 g/mol. The van der Waals surface area contributed by atoms with E-state index in [1.807, 2.05) is 24.3 Å². The highest BCUT2D eigenvalue weighted by atomic mass is 16.5. The normalized spacial score (nSPS) is 24.5. The second-order valence-corrected chi connectivity index (χ2v) is 5.16. The Kier molecular flexibility index (Phi) is 3.69. The van der Waals surface area contributed by atoms with Gasteiger partial charge in [-0.3, -0.25) is 4.79 Å². The maximum atomic E-state index is 12.6. The molecule has 5 nitrogen and oxygen atoms in total. The number of rotatable bonds is 1. The molecule has 0 bridgehead atoms. The highest BCUT2D eigenvalue weighted by Gasteiger charge is 2.32. The van der Waals surface area contributed by atoms with Gasteiger partial charge < -0.3 is 14.8 Å². The smallest absolute Gasteiger partial charge is 0.256 e. The Labute approximate surface area is 117 Å². The largest absolute Gasteiger partial charge is 0.411 e.